The smallest absolute Gasteiger partial charge is 0.234 e. The number of nitrogens with zero attached hydrogens (tertiary/aromatic N) is 1. The normalized spacial score (nSPS) is 18.3. The number of benzene rings is 2. The second-order valence-electron chi connectivity index (χ2n) is 7.73. The van der Waals surface area contributed by atoms with Crippen LogP contribution < -0.4 is 24.3 Å². The third-order valence-electron chi connectivity index (χ3n) is 5.62. The van der Waals surface area contributed by atoms with Crippen molar-refractivity contribution in [2.45, 2.75) is 25.3 Å². The molecular weight excluding hydrogens is 396 g/mol. The first-order valence-corrected chi connectivity index (χ1v) is 10.9. The zero-order valence-corrected chi connectivity index (χ0v) is 18.0. The minimum Gasteiger partial charge on any atom is -0.493 e. The molecule has 7 heteroatoms. The molecule has 1 N–H and O–H groups in total. The fourth-order valence-corrected chi connectivity index (χ4v) is 4.11. The summed E-state index contributed by atoms with van der Waals surface area (Å²) in [6.07, 6.45) is 2.99. The first-order valence-electron chi connectivity index (χ1n) is 10.9. The Balaban J connectivity index is 1.27. The van der Waals surface area contributed by atoms with Crippen molar-refractivity contribution in [1.29, 1.82) is 0 Å². The van der Waals surface area contributed by atoms with Crippen LogP contribution in [0.1, 0.15) is 30.9 Å². The lowest BCUT2D eigenvalue weighted by atomic mass is 10.0. The van der Waals surface area contributed by atoms with Gasteiger partial charge in [0, 0.05) is 12.5 Å². The van der Waals surface area contributed by atoms with E-state index in [0.29, 0.717) is 44.4 Å². The summed E-state index contributed by atoms with van der Waals surface area (Å²) in [7, 11) is 1.61. The summed E-state index contributed by atoms with van der Waals surface area (Å²) in [6, 6.07) is 13.9. The molecule has 1 saturated heterocycles. The average Bonchev–Trinajstić information content (AvgIpc) is 3.12. The van der Waals surface area contributed by atoms with Crippen LogP contribution in [0, 0.1) is 0 Å². The number of fused-ring (bicyclic) bond motifs is 1. The van der Waals surface area contributed by atoms with E-state index in [1.807, 2.05) is 30.3 Å². The summed E-state index contributed by atoms with van der Waals surface area (Å²) in [6.45, 7) is 3.46. The van der Waals surface area contributed by atoms with Crippen molar-refractivity contribution in [3.63, 3.8) is 0 Å². The highest BCUT2D eigenvalue weighted by Gasteiger charge is 2.28. The molecule has 2 aromatic carbocycles. The molecule has 0 spiro atoms. The first-order chi connectivity index (χ1) is 15.2. The third kappa shape index (κ3) is 5.41. The van der Waals surface area contributed by atoms with Gasteiger partial charge < -0.3 is 24.3 Å². The molecule has 0 aromatic heterocycles. The van der Waals surface area contributed by atoms with E-state index in [0.717, 1.165) is 37.3 Å². The summed E-state index contributed by atoms with van der Waals surface area (Å²) in [4.78, 5) is 14.7. The van der Waals surface area contributed by atoms with Gasteiger partial charge in [-0.3, -0.25) is 9.69 Å². The Morgan fingerprint density at radius 2 is 1.90 bits per heavy atom. The van der Waals surface area contributed by atoms with Crippen LogP contribution in [0.25, 0.3) is 0 Å². The number of carbonyl (C=O) groups is 1. The van der Waals surface area contributed by atoms with Gasteiger partial charge in [0.1, 0.15) is 6.61 Å². The molecule has 31 heavy (non-hydrogen) atoms. The molecule has 1 atom stereocenters. The molecule has 0 unspecified atom stereocenters. The van der Waals surface area contributed by atoms with Crippen LogP contribution in [0.5, 0.6) is 23.0 Å². The van der Waals surface area contributed by atoms with Crippen LogP contribution in [0.3, 0.4) is 0 Å². The van der Waals surface area contributed by atoms with Crippen LogP contribution in [0.2, 0.25) is 0 Å². The third-order valence-corrected chi connectivity index (χ3v) is 5.62. The van der Waals surface area contributed by atoms with Crippen LogP contribution >= 0.6 is 0 Å². The van der Waals surface area contributed by atoms with Crippen LogP contribution in [-0.4, -0.2) is 57.4 Å². The number of ether oxygens (including phenoxy) is 4. The van der Waals surface area contributed by atoms with Gasteiger partial charge in [-0.2, -0.15) is 0 Å². The summed E-state index contributed by atoms with van der Waals surface area (Å²) in [5.41, 5.74) is 1.18. The largest absolute Gasteiger partial charge is 0.493 e. The average molecular weight is 427 g/mol. The van der Waals surface area contributed by atoms with Gasteiger partial charge >= 0.3 is 0 Å². The van der Waals surface area contributed by atoms with E-state index in [-0.39, 0.29) is 11.9 Å². The van der Waals surface area contributed by atoms with Gasteiger partial charge in [-0.15, -0.1) is 0 Å². The molecule has 2 aliphatic rings. The Morgan fingerprint density at radius 1 is 1.10 bits per heavy atom. The van der Waals surface area contributed by atoms with Crippen molar-refractivity contribution >= 4 is 5.91 Å². The number of amides is 1. The van der Waals surface area contributed by atoms with Gasteiger partial charge in [0.05, 0.1) is 33.4 Å². The summed E-state index contributed by atoms with van der Waals surface area (Å²) < 4.78 is 22.6. The van der Waals surface area contributed by atoms with Crippen LogP contribution in [-0.2, 0) is 4.79 Å². The molecule has 0 aliphatic carbocycles. The standard InChI is InChI=1S/C24H30N2O5/c1-28-20-7-2-3-8-21(20)31-15-11-25-24(27)17-26-12-4-6-19(26)18-9-10-22-23(16-18)30-14-5-13-29-22/h2-3,7-10,16,19H,4-6,11-15,17H2,1H3,(H,25,27)/t19-/m0/s1. The zero-order valence-electron chi connectivity index (χ0n) is 18.0. The van der Waals surface area contributed by atoms with E-state index in [1.165, 1.54) is 5.56 Å². The maximum absolute atomic E-state index is 12.5. The number of para-hydroxylation sites is 2. The molecule has 0 bridgehead atoms. The van der Waals surface area contributed by atoms with E-state index in [1.54, 1.807) is 7.11 Å². The van der Waals surface area contributed by atoms with Crippen molar-refractivity contribution in [3.8, 4) is 23.0 Å². The monoisotopic (exact) mass is 426 g/mol. The fraction of sp³-hybridized carbons (Fsp3) is 0.458. The summed E-state index contributed by atoms with van der Waals surface area (Å²) in [5.74, 6) is 2.97. The minimum absolute atomic E-state index is 0.00451. The van der Waals surface area contributed by atoms with E-state index in [9.17, 15) is 4.79 Å². The molecule has 1 fully saturated rings. The Hall–Kier alpha value is -2.93. The van der Waals surface area contributed by atoms with Gasteiger partial charge in [0.25, 0.3) is 0 Å². The SMILES string of the molecule is COc1ccccc1OCCNC(=O)CN1CCC[C@H]1c1ccc2c(c1)OCCCO2. The molecule has 2 aromatic rings. The molecular formula is C24H30N2O5. The number of nitrogens with one attached hydrogen (secondary N) is 1. The number of methoxy groups -OCH3 is 1. The molecule has 2 heterocycles. The Bertz CT molecular complexity index is 888. The molecule has 0 radical (unpaired) electrons. The van der Waals surface area contributed by atoms with Crippen LogP contribution in [0.15, 0.2) is 42.5 Å². The molecule has 7 nitrogen and oxygen atoms in total. The number of hydrogen-bond acceptors (Lipinski definition) is 6. The fourth-order valence-electron chi connectivity index (χ4n) is 4.11. The highest BCUT2D eigenvalue weighted by molar-refractivity contribution is 5.78. The molecule has 2 aliphatic heterocycles. The Morgan fingerprint density at radius 3 is 2.74 bits per heavy atom. The highest BCUT2D eigenvalue weighted by atomic mass is 16.5. The minimum atomic E-state index is 0.00451. The van der Waals surface area contributed by atoms with E-state index in [4.69, 9.17) is 18.9 Å². The summed E-state index contributed by atoms with van der Waals surface area (Å²) >= 11 is 0. The van der Waals surface area contributed by atoms with Crippen molar-refractivity contribution in [2.24, 2.45) is 0 Å². The van der Waals surface area contributed by atoms with Gasteiger partial charge in [0.2, 0.25) is 5.91 Å². The van der Waals surface area contributed by atoms with E-state index >= 15 is 0 Å². The van der Waals surface area contributed by atoms with E-state index < -0.39 is 0 Å². The van der Waals surface area contributed by atoms with Crippen molar-refractivity contribution in [2.75, 3.05) is 46.6 Å². The lowest BCUT2D eigenvalue weighted by Crippen LogP contribution is -2.38. The van der Waals surface area contributed by atoms with E-state index in [2.05, 4.69) is 22.3 Å². The molecule has 0 saturated carbocycles. The maximum atomic E-state index is 12.5. The lowest BCUT2D eigenvalue weighted by Gasteiger charge is -2.25. The van der Waals surface area contributed by atoms with Crippen LogP contribution in [0.4, 0.5) is 0 Å². The molecule has 166 valence electrons. The number of likely N-dealkylation sites (tertiary alicyclic amines) is 1. The Kier molecular flexibility index (Phi) is 7.14. The quantitative estimate of drug-likeness (QED) is 0.654. The second kappa shape index (κ2) is 10.4. The lowest BCUT2D eigenvalue weighted by molar-refractivity contribution is -0.122. The van der Waals surface area contributed by atoms with Crippen molar-refractivity contribution in [3.05, 3.63) is 48.0 Å². The highest BCUT2D eigenvalue weighted by Crippen LogP contribution is 2.37. The Labute approximate surface area is 183 Å². The number of hydrogen-bond donors (Lipinski definition) is 1. The second-order valence-corrected chi connectivity index (χ2v) is 7.73. The predicted octanol–water partition coefficient (Wildman–Crippen LogP) is 3.19. The van der Waals surface area contributed by atoms with Crippen molar-refractivity contribution < 1.29 is 23.7 Å². The maximum Gasteiger partial charge on any atom is 0.234 e. The van der Waals surface area contributed by atoms with Gasteiger partial charge in [0.15, 0.2) is 23.0 Å². The zero-order chi connectivity index (χ0) is 21.5. The molecule has 4 rings (SSSR count). The topological polar surface area (TPSA) is 69.3 Å². The van der Waals surface area contributed by atoms with Gasteiger partial charge in [-0.25, -0.2) is 0 Å². The van der Waals surface area contributed by atoms with Crippen molar-refractivity contribution in [1.82, 2.24) is 10.2 Å². The summed E-state index contributed by atoms with van der Waals surface area (Å²) in [5, 5.41) is 2.96. The van der Waals surface area contributed by atoms with Gasteiger partial charge in [-0.1, -0.05) is 18.2 Å². The predicted molar refractivity (Wildman–Crippen MR) is 117 cm³/mol. The first kappa shape index (κ1) is 21.3. The molecule has 1 amide bonds. The number of rotatable bonds is 8. The number of carbonyl (C=O) groups excluding carboxylic acids is 1. The van der Waals surface area contributed by atoms with Gasteiger partial charge in [-0.05, 0) is 49.2 Å².